The Labute approximate surface area is 165 Å². The van der Waals surface area contributed by atoms with Crippen LogP contribution in [0.15, 0.2) is 12.1 Å². The fourth-order valence-electron chi connectivity index (χ4n) is 2.56. The monoisotopic (exact) mass is 413 g/mol. The molecular formula is C18H23NO10. The van der Waals surface area contributed by atoms with E-state index in [9.17, 15) is 35.4 Å². The maximum Gasteiger partial charge on any atom is 0.338 e. The summed E-state index contributed by atoms with van der Waals surface area (Å²) in [6.45, 7) is 2.60. The van der Waals surface area contributed by atoms with Crippen LogP contribution in [0, 0.1) is 17.2 Å². The number of rotatable bonds is 6. The van der Waals surface area contributed by atoms with Crippen molar-refractivity contribution < 1.29 is 49.6 Å². The molecule has 0 unspecified atom stereocenters. The number of nitriles is 1. The number of phenols is 3. The summed E-state index contributed by atoms with van der Waals surface area (Å²) in [4.78, 5) is 12.1. The molecule has 1 aliphatic rings. The summed E-state index contributed by atoms with van der Waals surface area (Å²) >= 11 is 0. The first-order chi connectivity index (χ1) is 13.6. The standard InChI is InChI=1S/C18H23NO10/c1-7(5-19)8(2)28-18-16(25)15(24)14(23)12(29-18)6-27-17(26)9-3-10(20)13(22)11(21)4-9/h3-4,7-8,12,14-16,18,20-25H,6H2,1-2H3/t7-,8-,12-,14-,15+,16-,18-/m1/s1. The normalized spacial score (nSPS) is 28.9. The van der Waals surface area contributed by atoms with Crippen LogP contribution in [0.3, 0.4) is 0 Å². The lowest BCUT2D eigenvalue weighted by Gasteiger charge is -2.41. The first-order valence-electron chi connectivity index (χ1n) is 8.73. The van der Waals surface area contributed by atoms with Gasteiger partial charge >= 0.3 is 5.97 Å². The smallest absolute Gasteiger partial charge is 0.338 e. The molecule has 6 N–H and O–H groups in total. The van der Waals surface area contributed by atoms with Gasteiger partial charge in [0.05, 0.1) is 23.7 Å². The number of hydrogen-bond acceptors (Lipinski definition) is 11. The molecule has 1 saturated heterocycles. The minimum atomic E-state index is -1.66. The van der Waals surface area contributed by atoms with E-state index in [1.54, 1.807) is 13.8 Å². The van der Waals surface area contributed by atoms with Crippen LogP contribution in [-0.2, 0) is 14.2 Å². The van der Waals surface area contributed by atoms with Crippen molar-refractivity contribution >= 4 is 5.97 Å². The lowest BCUT2D eigenvalue weighted by atomic mass is 9.99. The quantitative estimate of drug-likeness (QED) is 0.256. The zero-order valence-corrected chi connectivity index (χ0v) is 15.7. The number of aliphatic hydroxyl groups excluding tert-OH is 3. The molecule has 29 heavy (non-hydrogen) atoms. The molecule has 160 valence electrons. The molecule has 7 atom stereocenters. The Balaban J connectivity index is 2.05. The van der Waals surface area contributed by atoms with Crippen molar-refractivity contribution in [2.45, 2.75) is 50.7 Å². The highest BCUT2D eigenvalue weighted by atomic mass is 16.7. The van der Waals surface area contributed by atoms with Crippen LogP contribution < -0.4 is 0 Å². The number of carbonyl (C=O) groups excluding carboxylic acids is 1. The third kappa shape index (κ3) is 5.06. The molecule has 0 bridgehead atoms. The van der Waals surface area contributed by atoms with Crippen LogP contribution in [0.2, 0.25) is 0 Å². The van der Waals surface area contributed by atoms with Crippen molar-refractivity contribution in [3.05, 3.63) is 17.7 Å². The van der Waals surface area contributed by atoms with Gasteiger partial charge in [-0.3, -0.25) is 0 Å². The SMILES string of the molecule is C[C@H](C#N)[C@@H](C)O[C@@H]1O[C@H](COC(=O)c2cc(O)c(O)c(O)c2)[C@@H](O)[C@H](O)[C@H]1O. The van der Waals surface area contributed by atoms with Gasteiger partial charge in [0.15, 0.2) is 23.5 Å². The van der Waals surface area contributed by atoms with Gasteiger partial charge in [-0.15, -0.1) is 0 Å². The second-order valence-electron chi connectivity index (χ2n) is 6.74. The molecule has 0 spiro atoms. The first kappa shape index (κ1) is 22.7. The van der Waals surface area contributed by atoms with E-state index in [2.05, 4.69) is 0 Å². The Morgan fingerprint density at radius 3 is 2.28 bits per heavy atom. The average molecular weight is 413 g/mol. The third-order valence-corrected chi connectivity index (χ3v) is 4.61. The summed E-state index contributed by atoms with van der Waals surface area (Å²) in [6.07, 6.45) is -8.19. The highest BCUT2D eigenvalue weighted by molar-refractivity contribution is 5.91. The maximum absolute atomic E-state index is 12.1. The Kier molecular flexibility index (Phi) is 7.23. The minimum Gasteiger partial charge on any atom is -0.504 e. The molecule has 0 aromatic heterocycles. The Morgan fingerprint density at radius 2 is 1.72 bits per heavy atom. The van der Waals surface area contributed by atoms with E-state index in [0.717, 1.165) is 12.1 Å². The number of hydrogen-bond donors (Lipinski definition) is 6. The van der Waals surface area contributed by atoms with Crippen LogP contribution in [0.25, 0.3) is 0 Å². The van der Waals surface area contributed by atoms with Crippen LogP contribution >= 0.6 is 0 Å². The van der Waals surface area contributed by atoms with E-state index < -0.39 is 72.6 Å². The van der Waals surface area contributed by atoms with Crippen molar-refractivity contribution in [2.75, 3.05) is 6.61 Å². The van der Waals surface area contributed by atoms with E-state index in [0.29, 0.717) is 0 Å². The maximum atomic E-state index is 12.1. The fraction of sp³-hybridized carbons (Fsp3) is 0.556. The number of nitrogens with zero attached hydrogens (tertiary/aromatic N) is 1. The van der Waals surface area contributed by atoms with Crippen LogP contribution in [0.5, 0.6) is 17.2 Å². The number of carbonyl (C=O) groups is 1. The van der Waals surface area contributed by atoms with Gasteiger partial charge in [0.1, 0.15) is 31.0 Å². The largest absolute Gasteiger partial charge is 0.504 e. The molecule has 1 fully saturated rings. The van der Waals surface area contributed by atoms with E-state index >= 15 is 0 Å². The second-order valence-corrected chi connectivity index (χ2v) is 6.74. The van der Waals surface area contributed by atoms with Crippen molar-refractivity contribution in [2.24, 2.45) is 5.92 Å². The van der Waals surface area contributed by atoms with E-state index in [-0.39, 0.29) is 5.56 Å². The summed E-state index contributed by atoms with van der Waals surface area (Å²) < 4.78 is 15.8. The molecule has 2 rings (SSSR count). The van der Waals surface area contributed by atoms with E-state index in [4.69, 9.17) is 19.5 Å². The zero-order chi connectivity index (χ0) is 21.9. The molecule has 0 amide bonds. The Hall–Kier alpha value is -2.62. The lowest BCUT2D eigenvalue weighted by Crippen LogP contribution is -2.60. The molecule has 1 heterocycles. The molecule has 0 aliphatic carbocycles. The molecule has 0 radical (unpaired) electrons. The Bertz CT molecular complexity index is 755. The lowest BCUT2D eigenvalue weighted by molar-refractivity contribution is -0.311. The van der Waals surface area contributed by atoms with Gasteiger partial charge in [0.25, 0.3) is 0 Å². The zero-order valence-electron chi connectivity index (χ0n) is 15.7. The van der Waals surface area contributed by atoms with Gasteiger partial charge in [-0.25, -0.2) is 4.79 Å². The first-order valence-corrected chi connectivity index (χ1v) is 8.73. The Morgan fingerprint density at radius 1 is 1.14 bits per heavy atom. The van der Waals surface area contributed by atoms with Gasteiger partial charge in [-0.05, 0) is 26.0 Å². The molecule has 11 heteroatoms. The van der Waals surface area contributed by atoms with Crippen LogP contribution in [0.1, 0.15) is 24.2 Å². The number of aromatic hydroxyl groups is 3. The minimum absolute atomic E-state index is 0.284. The van der Waals surface area contributed by atoms with Gasteiger partial charge in [-0.1, -0.05) is 0 Å². The average Bonchev–Trinajstić information content (AvgIpc) is 2.69. The van der Waals surface area contributed by atoms with Gasteiger partial charge in [0, 0.05) is 0 Å². The number of phenolic OH excluding ortho intramolecular Hbond substituents is 3. The predicted octanol–water partition coefficient (Wildman–Crippen LogP) is -0.667. The molecular weight excluding hydrogens is 390 g/mol. The summed E-state index contributed by atoms with van der Waals surface area (Å²) in [6, 6.07) is 3.70. The van der Waals surface area contributed by atoms with Crippen molar-refractivity contribution in [1.82, 2.24) is 0 Å². The van der Waals surface area contributed by atoms with Crippen LogP contribution in [0.4, 0.5) is 0 Å². The molecule has 1 aliphatic heterocycles. The summed E-state index contributed by atoms with van der Waals surface area (Å²) in [7, 11) is 0. The number of ether oxygens (including phenoxy) is 3. The van der Waals surface area contributed by atoms with Gasteiger partial charge < -0.3 is 44.8 Å². The molecule has 11 nitrogen and oxygen atoms in total. The summed E-state index contributed by atoms with van der Waals surface area (Å²) in [5.74, 6) is -3.83. The number of benzene rings is 1. The molecule has 1 aromatic carbocycles. The van der Waals surface area contributed by atoms with E-state index in [1.807, 2.05) is 6.07 Å². The topological polar surface area (TPSA) is 190 Å². The van der Waals surface area contributed by atoms with Crippen LogP contribution in [-0.4, -0.2) is 80.0 Å². The van der Waals surface area contributed by atoms with Crippen molar-refractivity contribution in [1.29, 1.82) is 5.26 Å². The summed E-state index contributed by atoms with van der Waals surface area (Å²) in [5, 5.41) is 67.3. The molecule has 0 saturated carbocycles. The molecule has 1 aromatic rings. The fourth-order valence-corrected chi connectivity index (χ4v) is 2.56. The second kappa shape index (κ2) is 9.25. The van der Waals surface area contributed by atoms with E-state index in [1.165, 1.54) is 0 Å². The van der Waals surface area contributed by atoms with Gasteiger partial charge in [-0.2, -0.15) is 5.26 Å². The summed E-state index contributed by atoms with van der Waals surface area (Å²) in [5.41, 5.74) is -0.284. The highest BCUT2D eigenvalue weighted by Crippen LogP contribution is 2.35. The van der Waals surface area contributed by atoms with Gasteiger partial charge in [0.2, 0.25) is 0 Å². The highest BCUT2D eigenvalue weighted by Gasteiger charge is 2.45. The third-order valence-electron chi connectivity index (χ3n) is 4.61. The predicted molar refractivity (Wildman–Crippen MR) is 93.7 cm³/mol. The van der Waals surface area contributed by atoms with Crippen molar-refractivity contribution in [3.63, 3.8) is 0 Å². The number of esters is 1. The number of aliphatic hydroxyl groups is 3. The van der Waals surface area contributed by atoms with Crippen molar-refractivity contribution in [3.8, 4) is 23.3 Å².